The normalized spacial score (nSPS) is 15.9. The second-order valence-corrected chi connectivity index (χ2v) is 4.15. The van der Waals surface area contributed by atoms with Gasteiger partial charge in [-0.2, -0.15) is 5.10 Å². The molecule has 0 saturated heterocycles. The fourth-order valence-corrected chi connectivity index (χ4v) is 1.85. The molecule has 2 rings (SSSR count). The van der Waals surface area contributed by atoms with E-state index in [4.69, 9.17) is 0 Å². The molecule has 0 aliphatic carbocycles. The molecule has 1 amide bonds. The first-order valence-electron chi connectivity index (χ1n) is 5.65. The maximum atomic E-state index is 11.3. The SMILES string of the molecule is COC(=O)c1ccc(C(C)C2=NNC(=O)C2)cc1. The third-order valence-electron chi connectivity index (χ3n) is 3.00. The van der Waals surface area contributed by atoms with Gasteiger partial charge in [-0.1, -0.05) is 19.1 Å². The molecule has 0 radical (unpaired) electrons. The Kier molecular flexibility index (Phi) is 3.41. The Morgan fingerprint density at radius 1 is 1.39 bits per heavy atom. The molecule has 0 bridgehead atoms. The van der Waals surface area contributed by atoms with Crippen molar-refractivity contribution in [2.24, 2.45) is 5.10 Å². The molecule has 5 nitrogen and oxygen atoms in total. The highest BCUT2D eigenvalue weighted by Crippen LogP contribution is 2.21. The summed E-state index contributed by atoms with van der Waals surface area (Å²) in [7, 11) is 1.35. The highest BCUT2D eigenvalue weighted by molar-refractivity contribution is 6.07. The molecule has 5 heteroatoms. The second kappa shape index (κ2) is 5.00. The van der Waals surface area contributed by atoms with E-state index < -0.39 is 0 Å². The number of carbonyl (C=O) groups is 2. The van der Waals surface area contributed by atoms with Crippen LogP contribution in [0, 0.1) is 0 Å². The molecule has 0 fully saturated rings. The molecule has 1 unspecified atom stereocenters. The Balaban J connectivity index is 2.14. The first kappa shape index (κ1) is 12.3. The van der Waals surface area contributed by atoms with Crippen molar-refractivity contribution in [1.82, 2.24) is 5.43 Å². The van der Waals surface area contributed by atoms with Gasteiger partial charge in [-0.3, -0.25) is 4.79 Å². The lowest BCUT2D eigenvalue weighted by Gasteiger charge is -2.10. The van der Waals surface area contributed by atoms with Crippen LogP contribution >= 0.6 is 0 Å². The summed E-state index contributed by atoms with van der Waals surface area (Å²) in [6, 6.07) is 7.12. The molecule has 1 aromatic rings. The van der Waals surface area contributed by atoms with Crippen LogP contribution in [0.4, 0.5) is 0 Å². The van der Waals surface area contributed by atoms with Gasteiger partial charge in [0.2, 0.25) is 5.91 Å². The third kappa shape index (κ3) is 2.40. The van der Waals surface area contributed by atoms with Crippen LogP contribution in [0.3, 0.4) is 0 Å². The first-order chi connectivity index (χ1) is 8.61. The van der Waals surface area contributed by atoms with Gasteiger partial charge in [-0.15, -0.1) is 0 Å². The van der Waals surface area contributed by atoms with Crippen molar-refractivity contribution in [3.63, 3.8) is 0 Å². The van der Waals surface area contributed by atoms with Crippen molar-refractivity contribution in [3.8, 4) is 0 Å². The van der Waals surface area contributed by atoms with Gasteiger partial charge < -0.3 is 4.74 Å². The van der Waals surface area contributed by atoms with E-state index >= 15 is 0 Å². The zero-order chi connectivity index (χ0) is 13.1. The van der Waals surface area contributed by atoms with Crippen LogP contribution in [0.2, 0.25) is 0 Å². The molecule has 0 saturated carbocycles. The van der Waals surface area contributed by atoms with E-state index in [1.54, 1.807) is 12.1 Å². The predicted octanol–water partition coefficient (Wildman–Crippen LogP) is 1.45. The fourth-order valence-electron chi connectivity index (χ4n) is 1.85. The number of carbonyl (C=O) groups excluding carboxylic acids is 2. The minimum Gasteiger partial charge on any atom is -0.465 e. The van der Waals surface area contributed by atoms with Gasteiger partial charge in [0.15, 0.2) is 0 Å². The first-order valence-corrected chi connectivity index (χ1v) is 5.65. The maximum Gasteiger partial charge on any atom is 0.337 e. The maximum absolute atomic E-state index is 11.3. The quantitative estimate of drug-likeness (QED) is 0.821. The number of rotatable bonds is 3. The molecule has 1 aromatic carbocycles. The summed E-state index contributed by atoms with van der Waals surface area (Å²) in [5.74, 6) is -0.386. The molecule has 1 heterocycles. The number of benzene rings is 1. The lowest BCUT2D eigenvalue weighted by atomic mass is 9.94. The van der Waals surface area contributed by atoms with Crippen LogP contribution in [-0.4, -0.2) is 24.7 Å². The van der Waals surface area contributed by atoms with Crippen molar-refractivity contribution in [1.29, 1.82) is 0 Å². The van der Waals surface area contributed by atoms with Crippen molar-refractivity contribution in [3.05, 3.63) is 35.4 Å². The molecule has 0 aromatic heterocycles. The van der Waals surface area contributed by atoms with Crippen LogP contribution in [0.5, 0.6) is 0 Å². The van der Waals surface area contributed by atoms with E-state index in [1.165, 1.54) is 7.11 Å². The summed E-state index contributed by atoms with van der Waals surface area (Å²) >= 11 is 0. The largest absolute Gasteiger partial charge is 0.465 e. The highest BCUT2D eigenvalue weighted by Gasteiger charge is 2.21. The van der Waals surface area contributed by atoms with Gasteiger partial charge in [0.25, 0.3) is 0 Å². The van der Waals surface area contributed by atoms with Gasteiger partial charge in [-0.05, 0) is 17.7 Å². The van der Waals surface area contributed by atoms with Crippen LogP contribution in [-0.2, 0) is 9.53 Å². The monoisotopic (exact) mass is 246 g/mol. The molecule has 1 N–H and O–H groups in total. The van der Waals surface area contributed by atoms with Crippen molar-refractivity contribution >= 4 is 17.6 Å². The van der Waals surface area contributed by atoms with E-state index in [1.807, 2.05) is 19.1 Å². The van der Waals surface area contributed by atoms with Crippen molar-refractivity contribution in [2.75, 3.05) is 7.11 Å². The Morgan fingerprint density at radius 2 is 2.06 bits per heavy atom. The number of hydrogen-bond donors (Lipinski definition) is 1. The van der Waals surface area contributed by atoms with Gasteiger partial charge in [0.1, 0.15) is 0 Å². The average Bonchev–Trinajstić information content (AvgIpc) is 2.84. The van der Waals surface area contributed by atoms with E-state index in [0.29, 0.717) is 12.0 Å². The van der Waals surface area contributed by atoms with Gasteiger partial charge in [0, 0.05) is 5.92 Å². The Labute approximate surface area is 105 Å². The standard InChI is InChI=1S/C13H14N2O3/c1-8(11-7-12(16)15-14-11)9-3-5-10(6-4-9)13(17)18-2/h3-6,8H,7H2,1-2H3,(H,15,16). The number of hydrazone groups is 1. The number of nitrogens with one attached hydrogen (secondary N) is 1. The number of ether oxygens (including phenoxy) is 1. The van der Waals surface area contributed by atoms with Gasteiger partial charge >= 0.3 is 5.97 Å². The van der Waals surface area contributed by atoms with Crippen LogP contribution in [0.15, 0.2) is 29.4 Å². The zero-order valence-electron chi connectivity index (χ0n) is 10.3. The number of amides is 1. The summed E-state index contributed by atoms with van der Waals surface area (Å²) in [6.07, 6.45) is 0.333. The molecule has 18 heavy (non-hydrogen) atoms. The molecular formula is C13H14N2O3. The second-order valence-electron chi connectivity index (χ2n) is 4.15. The summed E-state index contributed by atoms with van der Waals surface area (Å²) in [6.45, 7) is 1.98. The lowest BCUT2D eigenvalue weighted by Crippen LogP contribution is -2.11. The predicted molar refractivity (Wildman–Crippen MR) is 66.4 cm³/mol. The van der Waals surface area contributed by atoms with Crippen LogP contribution < -0.4 is 5.43 Å². The molecule has 94 valence electrons. The number of esters is 1. The van der Waals surface area contributed by atoms with E-state index in [-0.39, 0.29) is 17.8 Å². The Morgan fingerprint density at radius 3 is 2.56 bits per heavy atom. The third-order valence-corrected chi connectivity index (χ3v) is 3.00. The topological polar surface area (TPSA) is 67.8 Å². The highest BCUT2D eigenvalue weighted by atomic mass is 16.5. The number of hydrogen-bond acceptors (Lipinski definition) is 4. The lowest BCUT2D eigenvalue weighted by molar-refractivity contribution is -0.119. The smallest absolute Gasteiger partial charge is 0.337 e. The summed E-state index contributed by atoms with van der Waals surface area (Å²) in [5, 5.41) is 3.99. The van der Waals surface area contributed by atoms with Gasteiger partial charge in [-0.25, -0.2) is 10.2 Å². The molecule has 1 atom stereocenters. The molecule has 1 aliphatic heterocycles. The average molecular weight is 246 g/mol. The van der Waals surface area contributed by atoms with Crippen molar-refractivity contribution in [2.45, 2.75) is 19.3 Å². The van der Waals surface area contributed by atoms with E-state index in [0.717, 1.165) is 11.3 Å². The Hall–Kier alpha value is -2.17. The van der Waals surface area contributed by atoms with Crippen LogP contribution in [0.25, 0.3) is 0 Å². The summed E-state index contributed by atoms with van der Waals surface area (Å²) < 4.78 is 4.63. The van der Waals surface area contributed by atoms with Gasteiger partial charge in [0.05, 0.1) is 24.8 Å². The zero-order valence-corrected chi connectivity index (χ0v) is 10.3. The van der Waals surface area contributed by atoms with Crippen molar-refractivity contribution < 1.29 is 14.3 Å². The number of methoxy groups -OCH3 is 1. The molecular weight excluding hydrogens is 232 g/mol. The molecule has 1 aliphatic rings. The Bertz CT molecular complexity index is 505. The fraction of sp³-hybridized carbons (Fsp3) is 0.308. The van der Waals surface area contributed by atoms with Crippen LogP contribution in [0.1, 0.15) is 35.2 Å². The number of nitrogens with zero attached hydrogens (tertiary/aromatic N) is 1. The molecule has 0 spiro atoms. The minimum absolute atomic E-state index is 0.0515. The van der Waals surface area contributed by atoms with E-state index in [2.05, 4.69) is 15.3 Å². The minimum atomic E-state index is -0.357. The summed E-state index contributed by atoms with van der Waals surface area (Å²) in [5.41, 5.74) is 4.77. The van der Waals surface area contributed by atoms with E-state index in [9.17, 15) is 9.59 Å². The summed E-state index contributed by atoms with van der Waals surface area (Å²) in [4.78, 5) is 22.4.